The predicted molar refractivity (Wildman–Crippen MR) is 66.6 cm³/mol. The number of hydrogen-bond donors (Lipinski definition) is 2. The lowest BCUT2D eigenvalue weighted by Crippen LogP contribution is -2.42. The summed E-state index contributed by atoms with van der Waals surface area (Å²) in [6.07, 6.45) is 0. The molecule has 0 radical (unpaired) electrons. The highest BCUT2D eigenvalue weighted by atomic mass is 35.6. The van der Waals surface area contributed by atoms with Gasteiger partial charge in [-0.25, -0.2) is 0 Å². The topological polar surface area (TPSA) is 58.2 Å². The van der Waals surface area contributed by atoms with Crippen molar-refractivity contribution in [2.45, 2.75) is 7.59 Å². The van der Waals surface area contributed by atoms with Crippen LogP contribution in [-0.2, 0) is 9.59 Å². The summed E-state index contributed by atoms with van der Waals surface area (Å²) in [4.78, 5) is 22.0. The van der Waals surface area contributed by atoms with Gasteiger partial charge in [0.25, 0.3) is 19.4 Å². The maximum absolute atomic E-state index is 11.0. The Balaban J connectivity index is 3.79. The molecule has 0 spiro atoms. The third-order valence-corrected chi connectivity index (χ3v) is 2.24. The van der Waals surface area contributed by atoms with Gasteiger partial charge in [0.2, 0.25) is 0 Å². The zero-order valence-corrected chi connectivity index (χ0v) is 12.0. The fraction of sp³-hybridized carbons (Fsp3) is 0.667. The molecule has 0 atom stereocenters. The number of carbonyl (C=O) groups excluding carboxylic acids is 2. The maximum atomic E-state index is 11.0. The summed E-state index contributed by atoms with van der Waals surface area (Å²) in [6.45, 7) is 0.0818. The average Bonchev–Trinajstić information content (AvgIpc) is 2.08. The molecule has 0 aromatic rings. The van der Waals surface area contributed by atoms with Crippen molar-refractivity contribution in [2.75, 3.05) is 13.1 Å². The van der Waals surface area contributed by atoms with Crippen LogP contribution in [0.2, 0.25) is 0 Å². The van der Waals surface area contributed by atoms with Crippen molar-refractivity contribution in [2.24, 2.45) is 0 Å². The van der Waals surface area contributed by atoms with Crippen LogP contribution in [0.4, 0.5) is 0 Å². The third-order valence-electron chi connectivity index (χ3n) is 1.21. The van der Waals surface area contributed by atoms with Crippen LogP contribution in [0.1, 0.15) is 0 Å². The highest BCUT2D eigenvalue weighted by molar-refractivity contribution is 6.76. The zero-order valence-electron chi connectivity index (χ0n) is 7.50. The van der Waals surface area contributed by atoms with Crippen LogP contribution in [0, 0.1) is 0 Å². The fourth-order valence-electron chi connectivity index (χ4n) is 0.553. The quantitative estimate of drug-likeness (QED) is 0.604. The van der Waals surface area contributed by atoms with E-state index in [1.54, 1.807) is 0 Å². The summed E-state index contributed by atoms with van der Waals surface area (Å²) in [5.41, 5.74) is 0. The Kier molecular flexibility index (Phi) is 6.85. The molecule has 4 nitrogen and oxygen atoms in total. The molecule has 0 rings (SSSR count). The minimum absolute atomic E-state index is 0.0409. The second-order valence-corrected chi connectivity index (χ2v) is 7.07. The van der Waals surface area contributed by atoms with Gasteiger partial charge in [0.05, 0.1) is 0 Å². The molecule has 0 aromatic heterocycles. The van der Waals surface area contributed by atoms with E-state index in [2.05, 4.69) is 10.6 Å². The SMILES string of the molecule is O=C(NCCNC(=O)C(Cl)(Cl)Cl)C(Cl)(Cl)Cl. The molecule has 0 unspecified atom stereocenters. The minimum Gasteiger partial charge on any atom is -0.351 e. The summed E-state index contributed by atoms with van der Waals surface area (Å²) in [5, 5.41) is 4.50. The summed E-state index contributed by atoms with van der Waals surface area (Å²) < 4.78 is -4.08. The summed E-state index contributed by atoms with van der Waals surface area (Å²) in [7, 11) is 0. The van der Waals surface area contributed by atoms with Gasteiger partial charge in [0, 0.05) is 13.1 Å². The van der Waals surface area contributed by atoms with E-state index in [0.29, 0.717) is 0 Å². The van der Waals surface area contributed by atoms with Crippen LogP contribution in [0.5, 0.6) is 0 Å². The first-order chi connectivity index (χ1) is 7.05. The highest BCUT2D eigenvalue weighted by Gasteiger charge is 2.31. The molecule has 0 bridgehead atoms. The van der Waals surface area contributed by atoms with E-state index in [-0.39, 0.29) is 13.1 Å². The van der Waals surface area contributed by atoms with E-state index < -0.39 is 19.4 Å². The maximum Gasteiger partial charge on any atom is 0.272 e. The monoisotopic (exact) mass is 348 g/mol. The van der Waals surface area contributed by atoms with E-state index in [0.717, 1.165) is 0 Å². The van der Waals surface area contributed by atoms with Gasteiger partial charge >= 0.3 is 0 Å². The van der Waals surface area contributed by atoms with Crippen molar-refractivity contribution in [3.63, 3.8) is 0 Å². The Morgan fingerprint density at radius 1 is 0.750 bits per heavy atom. The van der Waals surface area contributed by atoms with Gasteiger partial charge in [-0.05, 0) is 0 Å². The Labute approximate surface area is 122 Å². The Bertz CT molecular complexity index is 243. The van der Waals surface area contributed by atoms with E-state index in [4.69, 9.17) is 69.6 Å². The first-order valence-corrected chi connectivity index (χ1v) is 6.02. The van der Waals surface area contributed by atoms with Crippen LogP contribution in [0.25, 0.3) is 0 Å². The van der Waals surface area contributed by atoms with E-state index in [1.807, 2.05) is 0 Å². The molecule has 2 amide bonds. The Hall–Kier alpha value is 0.680. The summed E-state index contributed by atoms with van der Waals surface area (Å²) >= 11 is 31.6. The molecule has 0 saturated carbocycles. The Morgan fingerprint density at radius 2 is 1.00 bits per heavy atom. The molecule has 94 valence electrons. The van der Waals surface area contributed by atoms with Gasteiger partial charge in [-0.3, -0.25) is 9.59 Å². The molecule has 2 N–H and O–H groups in total. The molecular weight excluding hydrogens is 345 g/mol. The zero-order chi connectivity index (χ0) is 13.0. The Morgan fingerprint density at radius 3 is 1.19 bits per heavy atom. The number of carbonyl (C=O) groups is 2. The van der Waals surface area contributed by atoms with Crippen LogP contribution in [-0.4, -0.2) is 32.5 Å². The largest absolute Gasteiger partial charge is 0.351 e. The normalized spacial score (nSPS) is 12.1. The van der Waals surface area contributed by atoms with Crippen LogP contribution >= 0.6 is 69.6 Å². The van der Waals surface area contributed by atoms with Crippen molar-refractivity contribution in [1.29, 1.82) is 0 Å². The van der Waals surface area contributed by atoms with Crippen LogP contribution in [0.3, 0.4) is 0 Å². The fourth-order valence-corrected chi connectivity index (χ4v) is 0.953. The average molecular weight is 351 g/mol. The second-order valence-electron chi connectivity index (χ2n) is 2.51. The molecule has 0 aliphatic rings. The van der Waals surface area contributed by atoms with Gasteiger partial charge in [-0.2, -0.15) is 0 Å². The van der Waals surface area contributed by atoms with Gasteiger partial charge in [-0.15, -0.1) is 0 Å². The number of halogens is 6. The lowest BCUT2D eigenvalue weighted by atomic mass is 10.5. The first kappa shape index (κ1) is 16.7. The standard InChI is InChI=1S/C6H6Cl6N2O2/c7-5(8,9)3(15)13-1-2-14-4(16)6(10,11)12/h1-2H2,(H,13,15)(H,14,16). The predicted octanol–water partition coefficient (Wildman–Crippen LogP) is 1.96. The molecule has 16 heavy (non-hydrogen) atoms. The third kappa shape index (κ3) is 7.09. The molecule has 0 aromatic carbocycles. The van der Waals surface area contributed by atoms with Crippen LogP contribution in [0.15, 0.2) is 0 Å². The van der Waals surface area contributed by atoms with Gasteiger partial charge in [0.1, 0.15) is 0 Å². The summed E-state index contributed by atoms with van der Waals surface area (Å²) in [6, 6.07) is 0. The van der Waals surface area contributed by atoms with Crippen LogP contribution < -0.4 is 10.6 Å². The van der Waals surface area contributed by atoms with Crippen molar-refractivity contribution < 1.29 is 9.59 Å². The second kappa shape index (κ2) is 6.57. The van der Waals surface area contributed by atoms with Crippen molar-refractivity contribution in [3.8, 4) is 0 Å². The van der Waals surface area contributed by atoms with Crippen molar-refractivity contribution >= 4 is 81.4 Å². The lowest BCUT2D eigenvalue weighted by molar-refractivity contribution is -0.122. The molecule has 0 saturated heterocycles. The summed E-state index contributed by atoms with van der Waals surface area (Å²) in [5.74, 6) is -1.61. The number of rotatable bonds is 3. The number of hydrogen-bond acceptors (Lipinski definition) is 2. The lowest BCUT2D eigenvalue weighted by Gasteiger charge is -2.13. The molecule has 0 heterocycles. The van der Waals surface area contributed by atoms with E-state index in [9.17, 15) is 9.59 Å². The first-order valence-electron chi connectivity index (χ1n) is 3.75. The molecule has 0 fully saturated rings. The van der Waals surface area contributed by atoms with Gasteiger partial charge in [-0.1, -0.05) is 69.6 Å². The van der Waals surface area contributed by atoms with Gasteiger partial charge < -0.3 is 10.6 Å². The number of alkyl halides is 6. The van der Waals surface area contributed by atoms with Gasteiger partial charge in [0.15, 0.2) is 0 Å². The van der Waals surface area contributed by atoms with E-state index >= 15 is 0 Å². The molecule has 0 aliphatic heterocycles. The highest BCUT2D eigenvalue weighted by Crippen LogP contribution is 2.26. The van der Waals surface area contributed by atoms with E-state index in [1.165, 1.54) is 0 Å². The smallest absolute Gasteiger partial charge is 0.272 e. The molecule has 0 aliphatic carbocycles. The molecule has 10 heteroatoms. The minimum atomic E-state index is -2.04. The molecular formula is C6H6Cl6N2O2. The number of nitrogens with one attached hydrogen (secondary N) is 2. The van der Waals surface area contributed by atoms with Crippen molar-refractivity contribution in [3.05, 3.63) is 0 Å². The number of amides is 2. The van der Waals surface area contributed by atoms with Crippen molar-refractivity contribution in [1.82, 2.24) is 10.6 Å².